The molecule has 0 bridgehead atoms. The van der Waals surface area contributed by atoms with Crippen LogP contribution >= 0.6 is 11.3 Å². The zero-order valence-electron chi connectivity index (χ0n) is 24.9. The Morgan fingerprint density at radius 2 is 1.34 bits per heavy atom. The maximum absolute atomic E-state index is 4.92. The number of imidazole rings is 1. The van der Waals surface area contributed by atoms with Crippen molar-refractivity contribution >= 4 is 71.2 Å². The van der Waals surface area contributed by atoms with E-state index in [4.69, 9.17) is 4.98 Å². The molecular weight excluding hydrogens is 558 g/mol. The van der Waals surface area contributed by atoms with Crippen molar-refractivity contribution in [3.05, 3.63) is 133 Å². The van der Waals surface area contributed by atoms with Gasteiger partial charge in [-0.15, -0.1) is 0 Å². The zero-order chi connectivity index (χ0) is 29.6. The Hall–Kier alpha value is -4.56. The van der Waals surface area contributed by atoms with E-state index < -0.39 is 0 Å². The van der Waals surface area contributed by atoms with Crippen LogP contribution in [0.1, 0.15) is 31.9 Å². The normalized spacial score (nSPS) is 18.8. The van der Waals surface area contributed by atoms with E-state index in [0.717, 1.165) is 16.1 Å². The fourth-order valence-electron chi connectivity index (χ4n) is 7.25. The van der Waals surface area contributed by atoms with E-state index in [0.29, 0.717) is 0 Å². The zero-order valence-corrected chi connectivity index (χ0v) is 25.7. The van der Waals surface area contributed by atoms with Gasteiger partial charge in [-0.1, -0.05) is 80.3 Å². The second-order valence-corrected chi connectivity index (χ2v) is 13.8. The first kappa shape index (κ1) is 25.9. The SMILES string of the molecule is CC(C)(C)c1ccc2c(sc3nc4ncccc4n32)c1C1=CB2N3C=CC=CB3N3C=CC=CB3N3C=CC=CB3N2C=C1. The first-order valence-corrected chi connectivity index (χ1v) is 16.0. The van der Waals surface area contributed by atoms with Gasteiger partial charge in [-0.2, -0.15) is 4.98 Å². The van der Waals surface area contributed by atoms with Crippen molar-refractivity contribution in [1.29, 1.82) is 0 Å². The standard InChI is InChI=1S/C32H29B4N7S/c1-32(2,3)25-12-13-26-29(44-31-38-30-27(43(26)31)11-10-18-37-30)28(25)24-14-22-42-35-17-5-8-20-40(35)33-15-4-7-19-39(33)34-16-6-9-21-41(34)36(42)23-24/h4-23H,1-3H3. The average Bonchev–Trinajstić information content (AvgIpc) is 3.59. The van der Waals surface area contributed by atoms with Gasteiger partial charge in [0.05, 0.1) is 15.7 Å². The van der Waals surface area contributed by atoms with Gasteiger partial charge in [0.1, 0.15) is 0 Å². The summed E-state index contributed by atoms with van der Waals surface area (Å²) in [4.78, 5) is 10.4. The number of fused-ring (bicyclic) bond motifs is 13. The van der Waals surface area contributed by atoms with Gasteiger partial charge in [0.15, 0.2) is 10.6 Å². The molecule has 1 aromatic carbocycles. The summed E-state index contributed by atoms with van der Waals surface area (Å²) in [6.45, 7) is 7.14. The highest BCUT2D eigenvalue weighted by Gasteiger charge is 2.50. The summed E-state index contributed by atoms with van der Waals surface area (Å²) < 4.78 is 13.4. The maximum atomic E-state index is 4.92. The number of thiazole rings is 1. The van der Waals surface area contributed by atoms with E-state index in [9.17, 15) is 0 Å². The van der Waals surface area contributed by atoms with Crippen molar-refractivity contribution in [3.8, 4) is 0 Å². The first-order chi connectivity index (χ1) is 21.5. The summed E-state index contributed by atoms with van der Waals surface area (Å²) in [5, 5.41) is 0. The fraction of sp³-hybridized carbons (Fsp3) is 0.125. The van der Waals surface area contributed by atoms with Crippen LogP contribution in [0.15, 0.2) is 122 Å². The molecule has 44 heavy (non-hydrogen) atoms. The van der Waals surface area contributed by atoms with Crippen LogP contribution in [0.5, 0.6) is 0 Å². The average molecular weight is 587 g/mol. The van der Waals surface area contributed by atoms with E-state index in [1.807, 2.05) is 12.3 Å². The summed E-state index contributed by atoms with van der Waals surface area (Å²) in [5.74, 6) is 9.37. The molecule has 1 saturated heterocycles. The van der Waals surface area contributed by atoms with Gasteiger partial charge >= 0.3 is 27.9 Å². The number of nitrogens with zero attached hydrogens (tertiary/aromatic N) is 7. The fourth-order valence-corrected chi connectivity index (χ4v) is 8.45. The molecule has 1 fully saturated rings. The Kier molecular flexibility index (Phi) is 5.57. The third-order valence-corrected chi connectivity index (χ3v) is 10.3. The number of hydrogen-bond acceptors (Lipinski definition) is 7. The van der Waals surface area contributed by atoms with Gasteiger partial charge in [-0.05, 0) is 83.9 Å². The van der Waals surface area contributed by atoms with Crippen molar-refractivity contribution in [3.63, 3.8) is 0 Å². The van der Waals surface area contributed by atoms with Gasteiger partial charge in [0.2, 0.25) is 0 Å². The third-order valence-electron chi connectivity index (χ3n) is 9.22. The highest BCUT2D eigenvalue weighted by Crippen LogP contribution is 2.42. The molecule has 0 saturated carbocycles. The summed E-state index contributed by atoms with van der Waals surface area (Å²) in [6.07, 6.45) is 26.1. The van der Waals surface area contributed by atoms with Gasteiger partial charge in [-0.25, -0.2) is 4.98 Å². The van der Waals surface area contributed by atoms with Crippen molar-refractivity contribution < 1.29 is 0 Å². The van der Waals surface area contributed by atoms with Crippen LogP contribution in [0.4, 0.5) is 0 Å². The number of aromatic nitrogens is 3. The maximum Gasteiger partial charge on any atom is 0.381 e. The third kappa shape index (κ3) is 3.73. The van der Waals surface area contributed by atoms with Gasteiger partial charge < -0.3 is 18.9 Å². The minimum absolute atomic E-state index is 0.0118. The molecule has 5 aliphatic rings. The van der Waals surface area contributed by atoms with E-state index in [1.54, 1.807) is 11.3 Å². The predicted molar refractivity (Wildman–Crippen MR) is 187 cm³/mol. The Morgan fingerprint density at radius 3 is 2.00 bits per heavy atom. The largest absolute Gasteiger partial charge is 0.423 e. The summed E-state index contributed by atoms with van der Waals surface area (Å²) >= 11 is 1.76. The number of allylic oxidation sites excluding steroid dienone is 8. The molecule has 3 aromatic heterocycles. The van der Waals surface area contributed by atoms with Gasteiger partial charge in [0.25, 0.3) is 0 Å². The molecule has 0 unspecified atom stereocenters. The number of rotatable bonds is 1. The monoisotopic (exact) mass is 587 g/mol. The highest BCUT2D eigenvalue weighted by molar-refractivity contribution is 7.24. The van der Waals surface area contributed by atoms with Gasteiger partial charge in [0, 0.05) is 11.8 Å². The Labute approximate surface area is 262 Å². The molecule has 4 aromatic rings. The van der Waals surface area contributed by atoms with Crippen LogP contribution in [0.3, 0.4) is 0 Å². The molecule has 9 rings (SSSR count). The van der Waals surface area contributed by atoms with E-state index in [2.05, 4.69) is 158 Å². The van der Waals surface area contributed by atoms with Crippen LogP contribution in [-0.4, -0.2) is 61.2 Å². The second kappa shape index (κ2) is 9.47. The minimum atomic E-state index is -0.0475. The molecule has 0 spiro atoms. The van der Waals surface area contributed by atoms with Crippen molar-refractivity contribution in [2.24, 2.45) is 0 Å². The molecular formula is C32H29B4N7S. The van der Waals surface area contributed by atoms with Crippen LogP contribution < -0.4 is 0 Å². The van der Waals surface area contributed by atoms with Crippen molar-refractivity contribution in [2.75, 3.05) is 0 Å². The minimum Gasteiger partial charge on any atom is -0.423 e. The second-order valence-electron chi connectivity index (χ2n) is 12.8. The Morgan fingerprint density at radius 1 is 0.705 bits per heavy atom. The van der Waals surface area contributed by atoms with Crippen molar-refractivity contribution in [2.45, 2.75) is 26.2 Å². The number of pyridine rings is 1. The lowest BCUT2D eigenvalue weighted by Crippen LogP contribution is -2.73. The van der Waals surface area contributed by atoms with Crippen LogP contribution in [0.25, 0.3) is 31.9 Å². The quantitative estimate of drug-likeness (QED) is 0.259. The molecule has 210 valence electrons. The Balaban J connectivity index is 1.26. The van der Waals surface area contributed by atoms with Crippen LogP contribution in [0.2, 0.25) is 0 Å². The molecule has 0 radical (unpaired) electrons. The van der Waals surface area contributed by atoms with E-state index in [-0.39, 0.29) is 33.3 Å². The molecule has 0 atom stereocenters. The van der Waals surface area contributed by atoms with Gasteiger partial charge in [-0.3, -0.25) is 4.40 Å². The van der Waals surface area contributed by atoms with Crippen LogP contribution in [-0.2, 0) is 5.41 Å². The molecule has 12 heteroatoms. The molecule has 7 nitrogen and oxygen atoms in total. The lowest BCUT2D eigenvalue weighted by atomic mass is 9.41. The number of hydrogen-bond donors (Lipinski definition) is 0. The summed E-state index contributed by atoms with van der Waals surface area (Å²) in [5.41, 5.74) is 6.84. The van der Waals surface area contributed by atoms with Crippen LogP contribution in [0, 0.1) is 0 Å². The highest BCUT2D eigenvalue weighted by atomic mass is 32.1. The molecule has 0 amide bonds. The molecule has 5 aliphatic heterocycles. The number of benzene rings is 1. The Bertz CT molecular complexity index is 2070. The van der Waals surface area contributed by atoms with Crippen molar-refractivity contribution in [1.82, 2.24) is 33.3 Å². The van der Waals surface area contributed by atoms with E-state index in [1.165, 1.54) is 26.9 Å². The topological polar surface area (TPSA) is 43.2 Å². The smallest absolute Gasteiger partial charge is 0.381 e. The lowest BCUT2D eigenvalue weighted by molar-refractivity contribution is 0.589. The molecule has 0 N–H and O–H groups in total. The predicted octanol–water partition coefficient (Wildman–Crippen LogP) is 5.89. The summed E-state index contributed by atoms with van der Waals surface area (Å²) in [6, 6.07) is 8.70. The molecule has 0 aliphatic carbocycles. The summed E-state index contributed by atoms with van der Waals surface area (Å²) in [7, 11) is 0. The molecule has 8 heterocycles. The van der Waals surface area contributed by atoms with E-state index >= 15 is 0 Å². The lowest BCUT2D eigenvalue weighted by Gasteiger charge is -2.53. The first-order valence-electron chi connectivity index (χ1n) is 15.2.